The minimum Gasteiger partial charge on any atom is -0.394 e. The van der Waals surface area contributed by atoms with Crippen LogP contribution in [-0.2, 0) is 12.8 Å². The van der Waals surface area contributed by atoms with E-state index in [0.717, 1.165) is 54.2 Å². The van der Waals surface area contributed by atoms with Gasteiger partial charge in [0.05, 0.1) is 24.0 Å². The maximum absolute atomic E-state index is 10.9. The van der Waals surface area contributed by atoms with E-state index in [4.69, 9.17) is 15.2 Å². The Labute approximate surface area is 207 Å². The van der Waals surface area contributed by atoms with Crippen LogP contribution in [-0.4, -0.2) is 72.8 Å². The standard InChI is InChI=1S/C28H38N4O3/c1-4-26-25(27-29-20(2)16-21(3)32(27)30-26)17-23-9-7-22(8-10-23)6-5-11-28(35)12-14-31(15-13-28)18-24(34)19-33/h5-10,16,24,33-35H,4,11-15,17-19H2,1-3H3/b6-5+. The van der Waals surface area contributed by atoms with Gasteiger partial charge in [-0.1, -0.05) is 43.3 Å². The molecule has 35 heavy (non-hydrogen) atoms. The SMILES string of the molecule is CCc1nn2c(C)cc(C)nc2c1Cc1ccc(/C=C/CC2(O)CCN(CC(O)CO)CC2)cc1. The van der Waals surface area contributed by atoms with E-state index in [0.29, 0.717) is 25.8 Å². The van der Waals surface area contributed by atoms with Crippen molar-refractivity contribution < 1.29 is 15.3 Å². The lowest BCUT2D eigenvalue weighted by Gasteiger charge is -2.38. The van der Waals surface area contributed by atoms with E-state index in [2.05, 4.69) is 61.2 Å². The van der Waals surface area contributed by atoms with Crippen LogP contribution in [0.1, 0.15) is 60.0 Å². The molecule has 1 fully saturated rings. The fraction of sp³-hybridized carbons (Fsp3) is 0.500. The first kappa shape index (κ1) is 25.5. The van der Waals surface area contributed by atoms with E-state index in [9.17, 15) is 10.2 Å². The number of piperidine rings is 1. The van der Waals surface area contributed by atoms with Gasteiger partial charge in [0, 0.05) is 43.0 Å². The molecular formula is C28H38N4O3. The van der Waals surface area contributed by atoms with Gasteiger partial charge >= 0.3 is 0 Å². The highest BCUT2D eigenvalue weighted by atomic mass is 16.3. The lowest BCUT2D eigenvalue weighted by molar-refractivity contribution is -0.0317. The largest absolute Gasteiger partial charge is 0.394 e. The maximum Gasteiger partial charge on any atom is 0.159 e. The highest BCUT2D eigenvalue weighted by Gasteiger charge is 2.31. The van der Waals surface area contributed by atoms with Crippen molar-refractivity contribution in [1.29, 1.82) is 0 Å². The summed E-state index contributed by atoms with van der Waals surface area (Å²) in [6.07, 6.45) is 7.04. The normalized spacial score (nSPS) is 17.4. The molecular weight excluding hydrogens is 440 g/mol. The highest BCUT2D eigenvalue weighted by molar-refractivity contribution is 5.55. The molecule has 1 aliphatic heterocycles. The number of hydrogen-bond acceptors (Lipinski definition) is 6. The molecule has 2 aromatic heterocycles. The molecule has 3 aromatic rings. The van der Waals surface area contributed by atoms with Crippen LogP contribution < -0.4 is 0 Å². The second-order valence-electron chi connectivity index (χ2n) is 9.94. The van der Waals surface area contributed by atoms with Crippen molar-refractivity contribution in [3.63, 3.8) is 0 Å². The Morgan fingerprint density at radius 1 is 1.14 bits per heavy atom. The number of hydrogen-bond donors (Lipinski definition) is 3. The Morgan fingerprint density at radius 3 is 2.51 bits per heavy atom. The zero-order chi connectivity index (χ0) is 25.0. The number of rotatable bonds is 9. The number of aryl methyl sites for hydroxylation is 3. The Kier molecular flexibility index (Phi) is 8.02. The molecule has 7 nitrogen and oxygen atoms in total. The lowest BCUT2D eigenvalue weighted by Crippen LogP contribution is -2.46. The summed E-state index contributed by atoms with van der Waals surface area (Å²) in [5.74, 6) is 0. The predicted octanol–water partition coefficient (Wildman–Crippen LogP) is 3.08. The van der Waals surface area contributed by atoms with Gasteiger partial charge in [-0.3, -0.25) is 0 Å². The third-order valence-electron chi connectivity index (χ3n) is 7.04. The molecule has 3 heterocycles. The van der Waals surface area contributed by atoms with Crippen molar-refractivity contribution in [2.45, 2.75) is 64.6 Å². The number of β-amino-alcohol motifs (C(OH)–C–C–N with tert-alkyl or cyclic N) is 1. The van der Waals surface area contributed by atoms with Crippen LogP contribution >= 0.6 is 0 Å². The summed E-state index contributed by atoms with van der Waals surface area (Å²) in [4.78, 5) is 6.87. The molecule has 0 radical (unpaired) electrons. The van der Waals surface area contributed by atoms with Gasteiger partial charge in [-0.25, -0.2) is 9.50 Å². The number of aliphatic hydroxyl groups is 3. The zero-order valence-corrected chi connectivity index (χ0v) is 21.1. The first-order valence-corrected chi connectivity index (χ1v) is 12.6. The van der Waals surface area contributed by atoms with Gasteiger partial charge in [-0.05, 0) is 56.7 Å². The summed E-state index contributed by atoms with van der Waals surface area (Å²) in [7, 11) is 0. The second-order valence-corrected chi connectivity index (χ2v) is 9.94. The van der Waals surface area contributed by atoms with Gasteiger partial charge in [-0.15, -0.1) is 0 Å². The molecule has 0 amide bonds. The van der Waals surface area contributed by atoms with Gasteiger partial charge < -0.3 is 20.2 Å². The number of benzene rings is 1. The molecule has 0 saturated carbocycles. The molecule has 1 atom stereocenters. The number of fused-ring (bicyclic) bond motifs is 1. The molecule has 0 bridgehead atoms. The van der Waals surface area contributed by atoms with Crippen LogP contribution in [0.4, 0.5) is 0 Å². The van der Waals surface area contributed by atoms with Crippen LogP contribution in [0.2, 0.25) is 0 Å². The molecule has 0 aliphatic carbocycles. The molecule has 1 unspecified atom stereocenters. The van der Waals surface area contributed by atoms with E-state index in [1.165, 1.54) is 11.1 Å². The topological polar surface area (TPSA) is 94.1 Å². The van der Waals surface area contributed by atoms with Crippen molar-refractivity contribution in [2.75, 3.05) is 26.2 Å². The quantitative estimate of drug-likeness (QED) is 0.438. The third kappa shape index (κ3) is 6.16. The predicted molar refractivity (Wildman–Crippen MR) is 138 cm³/mol. The van der Waals surface area contributed by atoms with Crippen LogP contribution in [0, 0.1) is 13.8 Å². The molecule has 1 aromatic carbocycles. The molecule has 188 valence electrons. The monoisotopic (exact) mass is 478 g/mol. The van der Waals surface area contributed by atoms with Crippen molar-refractivity contribution in [2.24, 2.45) is 0 Å². The van der Waals surface area contributed by atoms with E-state index in [-0.39, 0.29) is 6.61 Å². The summed E-state index contributed by atoms with van der Waals surface area (Å²) in [6, 6.07) is 10.6. The third-order valence-corrected chi connectivity index (χ3v) is 7.04. The Morgan fingerprint density at radius 2 is 1.86 bits per heavy atom. The van der Waals surface area contributed by atoms with Crippen LogP contribution in [0.25, 0.3) is 11.7 Å². The molecule has 0 spiro atoms. The molecule has 7 heteroatoms. The summed E-state index contributed by atoms with van der Waals surface area (Å²) < 4.78 is 1.96. The van der Waals surface area contributed by atoms with Crippen molar-refractivity contribution in [3.8, 4) is 0 Å². The lowest BCUT2D eigenvalue weighted by atomic mass is 9.88. The molecule has 4 rings (SSSR count). The summed E-state index contributed by atoms with van der Waals surface area (Å²) in [6.45, 7) is 7.92. The van der Waals surface area contributed by atoms with Crippen LogP contribution in [0.15, 0.2) is 36.4 Å². The number of aliphatic hydroxyl groups excluding tert-OH is 2. The number of likely N-dealkylation sites (tertiary alicyclic amines) is 1. The van der Waals surface area contributed by atoms with Crippen LogP contribution in [0.3, 0.4) is 0 Å². The Balaban J connectivity index is 1.37. The minimum absolute atomic E-state index is 0.225. The fourth-order valence-corrected chi connectivity index (χ4v) is 4.95. The van der Waals surface area contributed by atoms with E-state index in [1.807, 2.05) is 11.4 Å². The summed E-state index contributed by atoms with van der Waals surface area (Å²) in [5.41, 5.74) is 6.99. The maximum atomic E-state index is 10.9. The first-order chi connectivity index (χ1) is 16.8. The van der Waals surface area contributed by atoms with Crippen molar-refractivity contribution >= 4 is 11.7 Å². The molecule has 1 saturated heterocycles. The van der Waals surface area contributed by atoms with Crippen molar-refractivity contribution in [3.05, 3.63) is 70.2 Å². The average Bonchev–Trinajstić information content (AvgIpc) is 3.19. The van der Waals surface area contributed by atoms with Gasteiger partial charge in [0.25, 0.3) is 0 Å². The smallest absolute Gasteiger partial charge is 0.159 e. The van der Waals surface area contributed by atoms with Gasteiger partial charge in [-0.2, -0.15) is 5.10 Å². The number of aromatic nitrogens is 3. The average molecular weight is 479 g/mol. The fourth-order valence-electron chi connectivity index (χ4n) is 4.95. The van der Waals surface area contributed by atoms with Crippen molar-refractivity contribution in [1.82, 2.24) is 19.5 Å². The van der Waals surface area contributed by atoms with Crippen LogP contribution in [0.5, 0.6) is 0 Å². The minimum atomic E-state index is -0.713. The highest BCUT2D eigenvalue weighted by Crippen LogP contribution is 2.27. The zero-order valence-electron chi connectivity index (χ0n) is 21.1. The van der Waals surface area contributed by atoms with Gasteiger partial charge in [0.2, 0.25) is 0 Å². The second kappa shape index (κ2) is 11.0. The van der Waals surface area contributed by atoms with Gasteiger partial charge in [0.15, 0.2) is 5.65 Å². The van der Waals surface area contributed by atoms with E-state index >= 15 is 0 Å². The Hall–Kier alpha value is -2.58. The van der Waals surface area contributed by atoms with Gasteiger partial charge in [0.1, 0.15) is 0 Å². The Bertz CT molecular complexity index is 1160. The number of nitrogens with zero attached hydrogens (tertiary/aromatic N) is 4. The van der Waals surface area contributed by atoms with E-state index < -0.39 is 11.7 Å². The summed E-state index contributed by atoms with van der Waals surface area (Å²) >= 11 is 0. The molecule has 3 N–H and O–H groups in total. The molecule has 1 aliphatic rings. The first-order valence-electron chi connectivity index (χ1n) is 12.6. The van der Waals surface area contributed by atoms with E-state index in [1.54, 1.807) is 0 Å². The summed E-state index contributed by atoms with van der Waals surface area (Å²) in [5, 5.41) is 34.3.